The van der Waals surface area contributed by atoms with E-state index in [1.54, 1.807) is 0 Å². The van der Waals surface area contributed by atoms with E-state index in [1.165, 1.54) is 0 Å². The molecule has 0 bridgehead atoms. The normalized spacial score (nSPS) is 7.50. The summed E-state index contributed by atoms with van der Waals surface area (Å²) in [5.74, 6) is 0. The summed E-state index contributed by atoms with van der Waals surface area (Å²) in [7, 11) is 0. The molecule has 0 atom stereocenters. The Balaban J connectivity index is 0.000000490. The third-order valence-corrected chi connectivity index (χ3v) is 0.800. The zero-order valence-corrected chi connectivity index (χ0v) is 8.15. The minimum atomic E-state index is 0. The Morgan fingerprint density at radius 3 is 1.75 bits per heavy atom. The predicted molar refractivity (Wildman–Crippen MR) is 36.6 cm³/mol. The molecule has 0 spiro atoms. The first kappa shape index (κ1) is 8.50. The minimum Gasteiger partial charge on any atom is -0.399 e. The smallest absolute Gasteiger partial charge is 0.0313 e. The number of nitrogens with two attached hydrogens (primary N) is 1. The maximum absolute atomic E-state index is 5.36. The molecule has 1 nitrogen and oxygen atoms in total. The quantitative estimate of drug-likeness (QED) is 0.466. The van der Waals surface area contributed by atoms with Crippen LogP contribution in [0.5, 0.6) is 0 Å². The number of hydrogen-bond acceptors (Lipinski definition) is 1. The summed E-state index contributed by atoms with van der Waals surface area (Å²) in [6.45, 7) is 0. The molecule has 38 valence electrons. The van der Waals surface area contributed by atoms with Gasteiger partial charge in [-0.15, -0.1) is 0 Å². The van der Waals surface area contributed by atoms with Crippen LogP contribution < -0.4 is 5.73 Å². The van der Waals surface area contributed by atoms with E-state index in [1.807, 2.05) is 30.3 Å². The van der Waals surface area contributed by atoms with Gasteiger partial charge in [0.2, 0.25) is 0 Å². The molecule has 1 aromatic carbocycles. The van der Waals surface area contributed by atoms with Gasteiger partial charge in [0, 0.05) is 51.2 Å². The Hall–Kier alpha value is 0.501. The maximum atomic E-state index is 5.36. The molecule has 0 aliphatic carbocycles. The van der Waals surface area contributed by atoms with Gasteiger partial charge in [0.15, 0.2) is 0 Å². The van der Waals surface area contributed by atoms with Gasteiger partial charge in [-0.3, -0.25) is 0 Å². The second kappa shape index (κ2) is 4.39. The van der Waals surface area contributed by atoms with Crippen LogP contribution in [0, 0.1) is 0 Å². The number of rotatable bonds is 0. The van der Waals surface area contributed by atoms with Crippen molar-refractivity contribution in [3.63, 3.8) is 0 Å². The van der Waals surface area contributed by atoms with Crippen molar-refractivity contribution >= 4 is 51.2 Å². The Labute approximate surface area is 86.2 Å². The molecule has 0 unspecified atom stereocenters. The van der Waals surface area contributed by atoms with Gasteiger partial charge in [-0.05, 0) is 12.1 Å². The molecule has 0 saturated carbocycles. The first-order valence-corrected chi connectivity index (χ1v) is 2.20. The molecule has 0 saturated heterocycles. The van der Waals surface area contributed by atoms with Crippen molar-refractivity contribution in [1.82, 2.24) is 0 Å². The number of para-hydroxylation sites is 1. The first-order chi connectivity index (χ1) is 3.39. The van der Waals surface area contributed by atoms with Gasteiger partial charge in [0.25, 0.3) is 0 Å². The Morgan fingerprint density at radius 2 is 1.50 bits per heavy atom. The standard InChI is InChI=1S/C6H7N.Sr/c7-6-4-2-1-3-5-6;/h1-5H,7H2;. The van der Waals surface area contributed by atoms with Crippen LogP contribution >= 0.6 is 0 Å². The summed E-state index contributed by atoms with van der Waals surface area (Å²) < 4.78 is 0. The van der Waals surface area contributed by atoms with Gasteiger partial charge in [0.1, 0.15) is 0 Å². The molecule has 1 rings (SSSR count). The van der Waals surface area contributed by atoms with E-state index in [9.17, 15) is 0 Å². The molecule has 8 heavy (non-hydrogen) atoms. The summed E-state index contributed by atoms with van der Waals surface area (Å²) in [5, 5.41) is 0. The van der Waals surface area contributed by atoms with Gasteiger partial charge in [-0.25, -0.2) is 0 Å². The van der Waals surface area contributed by atoms with Crippen LogP contribution in [0.4, 0.5) is 5.69 Å². The van der Waals surface area contributed by atoms with Crippen LogP contribution in [0.15, 0.2) is 30.3 Å². The van der Waals surface area contributed by atoms with E-state index in [0.717, 1.165) is 5.69 Å². The molecule has 2 radical (unpaired) electrons. The van der Waals surface area contributed by atoms with Crippen molar-refractivity contribution < 1.29 is 0 Å². The van der Waals surface area contributed by atoms with E-state index in [0.29, 0.717) is 0 Å². The second-order valence-electron chi connectivity index (χ2n) is 1.41. The van der Waals surface area contributed by atoms with Crippen LogP contribution in [0.1, 0.15) is 0 Å². The monoisotopic (exact) mass is 181 g/mol. The van der Waals surface area contributed by atoms with Crippen molar-refractivity contribution in [1.29, 1.82) is 0 Å². The summed E-state index contributed by atoms with van der Waals surface area (Å²) in [6.07, 6.45) is 0. The van der Waals surface area contributed by atoms with Crippen molar-refractivity contribution in [2.75, 3.05) is 5.73 Å². The van der Waals surface area contributed by atoms with E-state index < -0.39 is 0 Å². The van der Waals surface area contributed by atoms with Crippen LogP contribution in [0.2, 0.25) is 0 Å². The molecule has 0 aliphatic rings. The molecule has 0 aliphatic heterocycles. The van der Waals surface area contributed by atoms with E-state index in [2.05, 4.69) is 0 Å². The molecule has 1 aromatic rings. The summed E-state index contributed by atoms with van der Waals surface area (Å²) in [5.41, 5.74) is 6.18. The molecular weight excluding hydrogens is 174 g/mol. The first-order valence-electron chi connectivity index (χ1n) is 2.20. The average Bonchev–Trinajstić information content (AvgIpc) is 1.69. The number of benzene rings is 1. The van der Waals surface area contributed by atoms with Crippen molar-refractivity contribution in [3.05, 3.63) is 30.3 Å². The third kappa shape index (κ3) is 2.72. The van der Waals surface area contributed by atoms with Gasteiger partial charge in [-0.2, -0.15) is 0 Å². The van der Waals surface area contributed by atoms with Crippen LogP contribution in [0.25, 0.3) is 0 Å². The Bertz CT molecular complexity index is 138. The summed E-state index contributed by atoms with van der Waals surface area (Å²) >= 11 is 0. The molecule has 0 aromatic heterocycles. The van der Waals surface area contributed by atoms with E-state index >= 15 is 0 Å². The second-order valence-corrected chi connectivity index (χ2v) is 1.41. The summed E-state index contributed by atoms with van der Waals surface area (Å²) in [6, 6.07) is 9.49. The molecule has 0 fully saturated rings. The van der Waals surface area contributed by atoms with Gasteiger partial charge in [0.05, 0.1) is 0 Å². The van der Waals surface area contributed by atoms with Crippen molar-refractivity contribution in [2.24, 2.45) is 0 Å². The minimum absolute atomic E-state index is 0. The topological polar surface area (TPSA) is 26.0 Å². The van der Waals surface area contributed by atoms with E-state index in [-0.39, 0.29) is 45.5 Å². The van der Waals surface area contributed by atoms with Crippen LogP contribution in [0.3, 0.4) is 0 Å². The largest absolute Gasteiger partial charge is 0.399 e. The molecule has 0 heterocycles. The van der Waals surface area contributed by atoms with Gasteiger partial charge >= 0.3 is 0 Å². The number of hydrogen-bond donors (Lipinski definition) is 1. The fraction of sp³-hybridized carbons (Fsp3) is 0. The molecule has 2 heteroatoms. The van der Waals surface area contributed by atoms with Crippen molar-refractivity contribution in [2.45, 2.75) is 0 Å². The molecule has 2 N–H and O–H groups in total. The van der Waals surface area contributed by atoms with Crippen molar-refractivity contribution in [3.8, 4) is 0 Å². The number of nitrogen functional groups attached to an aromatic ring is 1. The Morgan fingerprint density at radius 1 is 1.00 bits per heavy atom. The zero-order valence-electron chi connectivity index (χ0n) is 4.67. The van der Waals surface area contributed by atoms with Crippen LogP contribution in [-0.2, 0) is 0 Å². The summed E-state index contributed by atoms with van der Waals surface area (Å²) in [4.78, 5) is 0. The zero-order chi connectivity index (χ0) is 5.11. The average molecular weight is 181 g/mol. The molecule has 0 amide bonds. The Kier molecular flexibility index (Phi) is 4.66. The van der Waals surface area contributed by atoms with Crippen LogP contribution in [-0.4, -0.2) is 45.5 Å². The van der Waals surface area contributed by atoms with Gasteiger partial charge in [-0.1, -0.05) is 18.2 Å². The molecular formula is C6H7NSr. The number of anilines is 1. The predicted octanol–water partition coefficient (Wildman–Crippen LogP) is 0.888. The fourth-order valence-electron chi connectivity index (χ4n) is 0.453. The SMILES string of the molecule is Nc1ccccc1.[Sr]. The maximum Gasteiger partial charge on any atom is 0.0313 e. The van der Waals surface area contributed by atoms with Gasteiger partial charge < -0.3 is 5.73 Å². The van der Waals surface area contributed by atoms with E-state index in [4.69, 9.17) is 5.73 Å². The third-order valence-electron chi connectivity index (χ3n) is 0.800. The fourth-order valence-corrected chi connectivity index (χ4v) is 0.453.